The van der Waals surface area contributed by atoms with Crippen molar-refractivity contribution in [2.45, 2.75) is 49.5 Å². The summed E-state index contributed by atoms with van der Waals surface area (Å²) in [6, 6.07) is 2.95. The van der Waals surface area contributed by atoms with Crippen LogP contribution in [-0.4, -0.2) is 65.6 Å². The minimum atomic E-state index is -1.25. The predicted molar refractivity (Wildman–Crippen MR) is 121 cm³/mol. The summed E-state index contributed by atoms with van der Waals surface area (Å²) in [5, 5.41) is 18.9. The molecule has 0 unspecified atom stereocenters. The van der Waals surface area contributed by atoms with Crippen molar-refractivity contribution in [1.29, 1.82) is 0 Å². The van der Waals surface area contributed by atoms with Crippen molar-refractivity contribution in [3.05, 3.63) is 42.1 Å². The van der Waals surface area contributed by atoms with Gasteiger partial charge in [-0.3, -0.25) is 9.59 Å². The zero-order chi connectivity index (χ0) is 24.4. The molecule has 0 saturated carbocycles. The summed E-state index contributed by atoms with van der Waals surface area (Å²) in [4.78, 5) is 42.8. The van der Waals surface area contributed by atoms with Crippen molar-refractivity contribution >= 4 is 33.8 Å². The molecule has 3 N–H and O–H groups in total. The summed E-state index contributed by atoms with van der Waals surface area (Å²) in [6.45, 7) is 5.36. The minimum absolute atomic E-state index is 0.122. The zero-order valence-corrected chi connectivity index (χ0v) is 20.1. The van der Waals surface area contributed by atoms with Gasteiger partial charge < -0.3 is 20.6 Å². The van der Waals surface area contributed by atoms with Gasteiger partial charge in [0, 0.05) is 19.3 Å². The van der Waals surface area contributed by atoms with Crippen molar-refractivity contribution in [1.82, 2.24) is 30.3 Å². The quantitative estimate of drug-likeness (QED) is 0.497. The number of rotatable bonds is 6. The van der Waals surface area contributed by atoms with Crippen molar-refractivity contribution in [3.63, 3.8) is 0 Å². The van der Waals surface area contributed by atoms with Gasteiger partial charge in [-0.05, 0) is 45.2 Å². The number of piperidine rings is 1. The maximum Gasteiger partial charge on any atom is 0.407 e. The van der Waals surface area contributed by atoms with E-state index in [4.69, 9.17) is 0 Å². The van der Waals surface area contributed by atoms with Crippen LogP contribution in [0.5, 0.6) is 0 Å². The zero-order valence-electron chi connectivity index (χ0n) is 18.5. The van der Waals surface area contributed by atoms with Crippen LogP contribution in [-0.2, 0) is 9.59 Å². The molecule has 178 valence electrons. The van der Waals surface area contributed by atoms with Crippen LogP contribution in [0.1, 0.15) is 45.2 Å². The van der Waals surface area contributed by atoms with E-state index < -0.39 is 33.7 Å². The monoisotopic (exact) mass is 524 g/mol. The van der Waals surface area contributed by atoms with Crippen molar-refractivity contribution < 1.29 is 23.9 Å². The number of pyridine rings is 1. The van der Waals surface area contributed by atoms with E-state index in [0.717, 1.165) is 6.20 Å². The molecular weight excluding hydrogens is 499 g/mol. The first kappa shape index (κ1) is 24.6. The van der Waals surface area contributed by atoms with E-state index in [1.54, 1.807) is 39.1 Å². The van der Waals surface area contributed by atoms with Crippen LogP contribution < -0.4 is 10.6 Å². The number of alkyl halides is 1. The summed E-state index contributed by atoms with van der Waals surface area (Å²) >= 11 is 3.31. The molecule has 1 fully saturated rings. The third-order valence-corrected chi connectivity index (χ3v) is 5.98. The van der Waals surface area contributed by atoms with Gasteiger partial charge in [-0.25, -0.2) is 18.9 Å². The number of carbonyl (C=O) groups excluding carboxylic acids is 2. The Balaban J connectivity index is 1.75. The summed E-state index contributed by atoms with van der Waals surface area (Å²) in [5.41, 5.74) is -0.549. The van der Waals surface area contributed by atoms with Gasteiger partial charge in [0.2, 0.25) is 11.8 Å². The molecule has 1 saturated heterocycles. The molecular formula is C21H26BrFN6O4. The van der Waals surface area contributed by atoms with E-state index in [0.29, 0.717) is 11.4 Å². The SMILES string of the molecule is C[C@H](NC(=O)C1(NC(=O)C(C)(C)Br)CCN(C(=O)O)CC1)c1ccc(-n2cc(F)cn2)nc1. The Morgan fingerprint density at radius 1 is 1.24 bits per heavy atom. The first-order valence-electron chi connectivity index (χ1n) is 10.4. The molecule has 0 bridgehead atoms. The summed E-state index contributed by atoms with van der Waals surface area (Å²) in [7, 11) is 0. The van der Waals surface area contributed by atoms with E-state index in [1.165, 1.54) is 15.8 Å². The first-order chi connectivity index (χ1) is 15.4. The van der Waals surface area contributed by atoms with Crippen LogP contribution in [0.2, 0.25) is 0 Å². The lowest BCUT2D eigenvalue weighted by molar-refractivity contribution is -0.136. The molecule has 12 heteroatoms. The molecule has 3 heterocycles. The van der Waals surface area contributed by atoms with Gasteiger partial charge in [0.1, 0.15) is 5.54 Å². The lowest BCUT2D eigenvalue weighted by atomic mass is 9.85. The number of carbonyl (C=O) groups is 3. The number of halogens is 2. The highest BCUT2D eigenvalue weighted by molar-refractivity contribution is 9.10. The Hall–Kier alpha value is -3.02. The molecule has 3 amide bonds. The van der Waals surface area contributed by atoms with Gasteiger partial charge in [0.15, 0.2) is 11.6 Å². The maximum atomic E-state index is 13.4. The Bertz CT molecular complexity index is 1030. The molecule has 1 aliphatic heterocycles. The highest BCUT2D eigenvalue weighted by Gasteiger charge is 2.45. The summed E-state index contributed by atoms with van der Waals surface area (Å²) in [5.74, 6) is -0.824. The van der Waals surface area contributed by atoms with Gasteiger partial charge in [-0.1, -0.05) is 22.0 Å². The van der Waals surface area contributed by atoms with Crippen LogP contribution >= 0.6 is 15.9 Å². The fraction of sp³-hybridized carbons (Fsp3) is 0.476. The highest BCUT2D eigenvalue weighted by Crippen LogP contribution is 2.27. The van der Waals surface area contributed by atoms with E-state index in [2.05, 4.69) is 36.6 Å². The fourth-order valence-electron chi connectivity index (χ4n) is 3.49. The molecule has 10 nitrogen and oxygen atoms in total. The van der Waals surface area contributed by atoms with Gasteiger partial charge in [0.05, 0.1) is 22.8 Å². The normalized spacial score (nSPS) is 16.7. The number of nitrogens with zero attached hydrogens (tertiary/aromatic N) is 4. The number of likely N-dealkylation sites (tertiary alicyclic amines) is 1. The standard InChI is InChI=1S/C21H26BrFN6O4/c1-13(14-4-5-16(24-10-14)29-12-15(23)11-25-29)26-18(31)21(27-17(30)20(2,3)22)6-8-28(9-7-21)19(32)33/h4-5,10-13H,6-9H2,1-3H3,(H,26,31)(H,27,30)(H,32,33)/t13-/m0/s1. The smallest absolute Gasteiger partial charge is 0.407 e. The molecule has 2 aromatic heterocycles. The van der Waals surface area contributed by atoms with E-state index in [-0.39, 0.29) is 31.8 Å². The average molecular weight is 525 g/mol. The topological polar surface area (TPSA) is 129 Å². The van der Waals surface area contributed by atoms with Gasteiger partial charge in [-0.2, -0.15) is 5.10 Å². The molecule has 0 aromatic carbocycles. The number of hydrogen-bond acceptors (Lipinski definition) is 5. The largest absolute Gasteiger partial charge is 0.465 e. The third kappa shape index (κ3) is 5.67. The maximum absolute atomic E-state index is 13.4. The second-order valence-electron chi connectivity index (χ2n) is 8.53. The number of aromatic nitrogens is 3. The molecule has 1 atom stereocenters. The Kier molecular flexibility index (Phi) is 7.06. The van der Waals surface area contributed by atoms with E-state index in [9.17, 15) is 23.9 Å². The van der Waals surface area contributed by atoms with Gasteiger partial charge in [0.25, 0.3) is 0 Å². The first-order valence-corrected chi connectivity index (χ1v) is 11.2. The molecule has 3 rings (SSSR count). The van der Waals surface area contributed by atoms with Crippen molar-refractivity contribution in [2.24, 2.45) is 0 Å². The Labute approximate surface area is 198 Å². The van der Waals surface area contributed by atoms with Crippen LogP contribution in [0.3, 0.4) is 0 Å². The summed E-state index contributed by atoms with van der Waals surface area (Å²) in [6.07, 6.45) is 3.07. The third-order valence-electron chi connectivity index (χ3n) is 5.62. The molecule has 2 aromatic rings. The fourth-order valence-corrected chi connectivity index (χ4v) is 3.59. The molecule has 1 aliphatic rings. The molecule has 33 heavy (non-hydrogen) atoms. The number of hydrogen-bond donors (Lipinski definition) is 3. The molecule has 0 aliphatic carbocycles. The van der Waals surface area contributed by atoms with Crippen LogP contribution in [0.15, 0.2) is 30.7 Å². The molecule has 0 spiro atoms. The van der Waals surface area contributed by atoms with Gasteiger partial charge in [-0.15, -0.1) is 0 Å². The lowest BCUT2D eigenvalue weighted by Gasteiger charge is -2.41. The van der Waals surface area contributed by atoms with E-state index in [1.807, 2.05) is 0 Å². The average Bonchev–Trinajstić information content (AvgIpc) is 3.19. The Morgan fingerprint density at radius 3 is 2.39 bits per heavy atom. The lowest BCUT2D eigenvalue weighted by Crippen LogP contribution is -2.65. The van der Waals surface area contributed by atoms with Crippen LogP contribution in [0.25, 0.3) is 5.82 Å². The van der Waals surface area contributed by atoms with Gasteiger partial charge >= 0.3 is 6.09 Å². The second kappa shape index (κ2) is 9.46. The van der Waals surface area contributed by atoms with Crippen LogP contribution in [0.4, 0.5) is 9.18 Å². The minimum Gasteiger partial charge on any atom is -0.465 e. The summed E-state index contributed by atoms with van der Waals surface area (Å²) < 4.78 is 13.6. The number of nitrogens with one attached hydrogen (secondary N) is 2. The van der Waals surface area contributed by atoms with Crippen LogP contribution in [0, 0.1) is 5.82 Å². The van der Waals surface area contributed by atoms with Crippen molar-refractivity contribution in [2.75, 3.05) is 13.1 Å². The van der Waals surface area contributed by atoms with E-state index >= 15 is 0 Å². The predicted octanol–water partition coefficient (Wildman–Crippen LogP) is 2.39. The number of amides is 3. The van der Waals surface area contributed by atoms with Crippen molar-refractivity contribution in [3.8, 4) is 5.82 Å². The number of carboxylic acid groups (broad SMARTS) is 1. The highest BCUT2D eigenvalue weighted by atomic mass is 79.9. The second-order valence-corrected chi connectivity index (χ2v) is 10.5. The Morgan fingerprint density at radius 2 is 1.91 bits per heavy atom. The molecule has 0 radical (unpaired) electrons.